The molecule has 0 aromatic carbocycles. The highest BCUT2D eigenvalue weighted by Crippen LogP contribution is 2.14. The Hall–Kier alpha value is -2.18. The van der Waals surface area contributed by atoms with Gasteiger partial charge in [0.1, 0.15) is 11.6 Å². The maximum absolute atomic E-state index is 13.2. The molecular weight excluding hydrogens is 251 g/mol. The summed E-state index contributed by atoms with van der Waals surface area (Å²) in [5, 5.41) is 8.20. The van der Waals surface area contributed by atoms with Gasteiger partial charge in [0, 0.05) is 19.5 Å². The molecular formula is C12H15FN4O2. The van der Waals surface area contributed by atoms with E-state index >= 15 is 0 Å². The van der Waals surface area contributed by atoms with E-state index in [2.05, 4.69) is 20.9 Å². The van der Waals surface area contributed by atoms with Gasteiger partial charge in [0.25, 0.3) is 5.91 Å². The number of anilines is 1. The van der Waals surface area contributed by atoms with E-state index < -0.39 is 11.7 Å². The summed E-state index contributed by atoms with van der Waals surface area (Å²) < 4.78 is 13.2. The zero-order valence-electron chi connectivity index (χ0n) is 10.5. The summed E-state index contributed by atoms with van der Waals surface area (Å²) in [6, 6.07) is 0.864. The fourth-order valence-electron chi connectivity index (χ4n) is 1.89. The number of amides is 2. The number of carbonyl (C=O) groups excluding carboxylic acids is 2. The van der Waals surface area contributed by atoms with Gasteiger partial charge in [-0.15, -0.1) is 0 Å². The minimum Gasteiger partial charge on any atom is -0.370 e. The van der Waals surface area contributed by atoms with Gasteiger partial charge in [-0.1, -0.05) is 0 Å². The van der Waals surface area contributed by atoms with Gasteiger partial charge in [-0.05, 0) is 13.0 Å². The predicted molar refractivity (Wildman–Crippen MR) is 67.2 cm³/mol. The lowest BCUT2D eigenvalue weighted by Crippen LogP contribution is -2.36. The van der Waals surface area contributed by atoms with Crippen LogP contribution in [0.4, 0.5) is 10.2 Å². The first-order chi connectivity index (χ1) is 9.10. The van der Waals surface area contributed by atoms with Crippen LogP contribution < -0.4 is 16.0 Å². The van der Waals surface area contributed by atoms with Crippen molar-refractivity contribution in [2.24, 2.45) is 0 Å². The van der Waals surface area contributed by atoms with Gasteiger partial charge in [-0.25, -0.2) is 9.37 Å². The molecule has 2 heterocycles. The topological polar surface area (TPSA) is 83.1 Å². The Bertz CT molecular complexity index is 507. The Morgan fingerprint density at radius 1 is 1.63 bits per heavy atom. The molecule has 0 radical (unpaired) electrons. The van der Waals surface area contributed by atoms with Crippen LogP contribution in [0, 0.1) is 5.82 Å². The van der Waals surface area contributed by atoms with Crippen molar-refractivity contribution in [3.05, 3.63) is 23.6 Å². The number of halogens is 1. The average molecular weight is 266 g/mol. The van der Waals surface area contributed by atoms with Crippen LogP contribution in [0.5, 0.6) is 0 Å². The van der Waals surface area contributed by atoms with Crippen LogP contribution in [0.15, 0.2) is 12.3 Å². The van der Waals surface area contributed by atoms with Crippen molar-refractivity contribution >= 4 is 17.6 Å². The fourth-order valence-corrected chi connectivity index (χ4v) is 1.89. The Kier molecular flexibility index (Phi) is 3.94. The van der Waals surface area contributed by atoms with Crippen molar-refractivity contribution < 1.29 is 14.0 Å². The maximum Gasteiger partial charge on any atom is 0.255 e. The van der Waals surface area contributed by atoms with E-state index in [0.717, 1.165) is 12.3 Å². The number of nitrogens with zero attached hydrogens (tertiary/aromatic N) is 1. The van der Waals surface area contributed by atoms with Crippen molar-refractivity contribution in [1.82, 2.24) is 15.6 Å². The SMILES string of the molecule is CCNc1ncc(F)cc1C(=O)NC1CNC(=O)C1. The Labute approximate surface area is 109 Å². The first kappa shape index (κ1) is 13.3. The van der Waals surface area contributed by atoms with Crippen LogP contribution >= 0.6 is 0 Å². The Morgan fingerprint density at radius 3 is 3.05 bits per heavy atom. The standard InChI is InChI=1S/C12H15FN4O2/c1-2-14-11-9(3-7(13)5-16-11)12(19)17-8-4-10(18)15-6-8/h3,5,8H,2,4,6H2,1H3,(H,14,16)(H,15,18)(H,17,19). The number of aromatic nitrogens is 1. The van der Waals surface area contributed by atoms with Crippen molar-refractivity contribution in [2.75, 3.05) is 18.4 Å². The molecule has 6 nitrogen and oxygen atoms in total. The van der Waals surface area contributed by atoms with E-state index in [4.69, 9.17) is 0 Å². The van der Waals surface area contributed by atoms with Crippen LogP contribution in [0.2, 0.25) is 0 Å². The molecule has 0 bridgehead atoms. The molecule has 3 N–H and O–H groups in total. The molecule has 1 saturated heterocycles. The summed E-state index contributed by atoms with van der Waals surface area (Å²) in [4.78, 5) is 27.0. The van der Waals surface area contributed by atoms with Crippen LogP contribution in [0.25, 0.3) is 0 Å². The highest BCUT2D eigenvalue weighted by molar-refractivity contribution is 5.99. The van der Waals surface area contributed by atoms with Gasteiger partial charge in [0.2, 0.25) is 5.91 Å². The first-order valence-electron chi connectivity index (χ1n) is 6.07. The largest absolute Gasteiger partial charge is 0.370 e. The second kappa shape index (κ2) is 5.64. The monoisotopic (exact) mass is 266 g/mol. The van der Waals surface area contributed by atoms with Gasteiger partial charge in [-0.3, -0.25) is 9.59 Å². The van der Waals surface area contributed by atoms with Crippen LogP contribution in [-0.2, 0) is 4.79 Å². The first-order valence-corrected chi connectivity index (χ1v) is 6.07. The van der Waals surface area contributed by atoms with Crippen molar-refractivity contribution in [3.63, 3.8) is 0 Å². The molecule has 1 aliphatic heterocycles. The molecule has 1 aliphatic rings. The van der Waals surface area contributed by atoms with E-state index in [0.29, 0.717) is 18.9 Å². The summed E-state index contributed by atoms with van der Waals surface area (Å²) in [5.41, 5.74) is 0.140. The van der Waals surface area contributed by atoms with E-state index in [1.807, 2.05) is 6.92 Å². The van der Waals surface area contributed by atoms with E-state index in [1.54, 1.807) is 0 Å². The van der Waals surface area contributed by atoms with Crippen LogP contribution in [0.3, 0.4) is 0 Å². The summed E-state index contributed by atoms with van der Waals surface area (Å²) in [6.45, 7) is 2.82. The Balaban J connectivity index is 2.13. The quantitative estimate of drug-likeness (QED) is 0.730. The smallest absolute Gasteiger partial charge is 0.255 e. The molecule has 1 fully saturated rings. The lowest BCUT2D eigenvalue weighted by molar-refractivity contribution is -0.119. The van der Waals surface area contributed by atoms with Gasteiger partial charge in [-0.2, -0.15) is 0 Å². The third-order valence-electron chi connectivity index (χ3n) is 2.76. The van der Waals surface area contributed by atoms with Gasteiger partial charge in [0.05, 0.1) is 17.8 Å². The molecule has 2 rings (SSSR count). The highest BCUT2D eigenvalue weighted by atomic mass is 19.1. The minimum absolute atomic E-state index is 0.102. The van der Waals surface area contributed by atoms with Crippen molar-refractivity contribution in [3.8, 4) is 0 Å². The van der Waals surface area contributed by atoms with Gasteiger partial charge >= 0.3 is 0 Å². The van der Waals surface area contributed by atoms with E-state index in [9.17, 15) is 14.0 Å². The van der Waals surface area contributed by atoms with Crippen LogP contribution in [-0.4, -0.2) is 35.9 Å². The molecule has 0 aliphatic carbocycles. The third-order valence-corrected chi connectivity index (χ3v) is 2.76. The number of pyridine rings is 1. The molecule has 1 unspecified atom stereocenters. The number of hydrogen-bond acceptors (Lipinski definition) is 4. The summed E-state index contributed by atoms with van der Waals surface area (Å²) in [5.74, 6) is -0.787. The van der Waals surface area contributed by atoms with Crippen molar-refractivity contribution in [1.29, 1.82) is 0 Å². The second-order valence-corrected chi connectivity index (χ2v) is 4.26. The lowest BCUT2D eigenvalue weighted by atomic mass is 10.2. The molecule has 102 valence electrons. The predicted octanol–water partition coefficient (Wildman–Crippen LogP) is 0.271. The third kappa shape index (κ3) is 3.18. The number of nitrogens with one attached hydrogen (secondary N) is 3. The molecule has 1 aromatic heterocycles. The highest BCUT2D eigenvalue weighted by Gasteiger charge is 2.24. The van der Waals surface area contributed by atoms with Gasteiger partial charge < -0.3 is 16.0 Å². The molecule has 1 aromatic rings. The summed E-state index contributed by atoms with van der Waals surface area (Å²) >= 11 is 0. The minimum atomic E-state index is -0.576. The fraction of sp³-hybridized carbons (Fsp3) is 0.417. The van der Waals surface area contributed by atoms with Crippen molar-refractivity contribution in [2.45, 2.75) is 19.4 Å². The zero-order chi connectivity index (χ0) is 13.8. The van der Waals surface area contributed by atoms with Crippen LogP contribution in [0.1, 0.15) is 23.7 Å². The maximum atomic E-state index is 13.2. The number of hydrogen-bond donors (Lipinski definition) is 3. The summed E-state index contributed by atoms with van der Waals surface area (Å²) in [7, 11) is 0. The Morgan fingerprint density at radius 2 is 2.42 bits per heavy atom. The number of carbonyl (C=O) groups is 2. The van der Waals surface area contributed by atoms with Gasteiger partial charge in [0.15, 0.2) is 0 Å². The molecule has 0 spiro atoms. The molecule has 1 atom stereocenters. The lowest BCUT2D eigenvalue weighted by Gasteiger charge is -2.13. The molecule has 7 heteroatoms. The molecule has 19 heavy (non-hydrogen) atoms. The normalized spacial score (nSPS) is 18.0. The molecule has 2 amide bonds. The molecule has 0 saturated carbocycles. The van der Waals surface area contributed by atoms with E-state index in [-0.39, 0.29) is 23.9 Å². The van der Waals surface area contributed by atoms with E-state index in [1.165, 1.54) is 0 Å². The average Bonchev–Trinajstić information content (AvgIpc) is 2.77. The number of rotatable bonds is 4. The summed E-state index contributed by atoms with van der Waals surface area (Å²) in [6.07, 6.45) is 1.29. The second-order valence-electron chi connectivity index (χ2n) is 4.26. The zero-order valence-corrected chi connectivity index (χ0v) is 10.5.